The summed E-state index contributed by atoms with van der Waals surface area (Å²) in [5.41, 5.74) is 2.48. The van der Waals surface area contributed by atoms with Crippen LogP contribution in [0.3, 0.4) is 0 Å². The lowest BCUT2D eigenvalue weighted by Gasteiger charge is -2.19. The van der Waals surface area contributed by atoms with Gasteiger partial charge in [-0.3, -0.25) is 10.2 Å². The topological polar surface area (TPSA) is 74.0 Å². The first-order valence-corrected chi connectivity index (χ1v) is 13.3. The van der Waals surface area contributed by atoms with Crippen LogP contribution in [0.4, 0.5) is 0 Å². The summed E-state index contributed by atoms with van der Waals surface area (Å²) >= 11 is 0. The Hall–Kier alpha value is -2.47. The minimum absolute atomic E-state index is 0.219. The highest BCUT2D eigenvalue weighted by Crippen LogP contribution is 2.17. The smallest absolute Gasteiger partial charge is 0.219 e. The van der Waals surface area contributed by atoms with E-state index in [-0.39, 0.29) is 5.91 Å². The molecule has 0 spiro atoms. The van der Waals surface area contributed by atoms with E-state index in [4.69, 9.17) is 5.41 Å². The molecule has 2 N–H and O–H groups in total. The van der Waals surface area contributed by atoms with Crippen LogP contribution in [0.1, 0.15) is 77.0 Å². The van der Waals surface area contributed by atoms with Crippen LogP contribution in [0.2, 0.25) is 0 Å². The summed E-state index contributed by atoms with van der Waals surface area (Å²) in [6.07, 6.45) is 13.6. The lowest BCUT2D eigenvalue weighted by Crippen LogP contribution is -2.31. The van der Waals surface area contributed by atoms with Gasteiger partial charge in [-0.25, -0.2) is 4.68 Å². The molecule has 2 aromatic rings. The normalized spacial score (nSPS) is 16.1. The molecule has 6 heteroatoms. The quantitative estimate of drug-likeness (QED) is 0.358. The van der Waals surface area contributed by atoms with Crippen LogP contribution in [0.15, 0.2) is 42.5 Å². The standard InChI is InChI=1S/C28H43N5O/c1-32-22-13-16-25(32)20-21-30-28(34)17-11-6-4-2-3-5-7-12-23-33-27(29)19-18-26(31-33)24-14-9-8-10-15-24/h8-10,14-15,18-19,25,29H,2-7,11-13,16-17,20-23H2,1H3,(H,30,34). The van der Waals surface area contributed by atoms with Crippen LogP contribution in [0, 0.1) is 5.41 Å². The maximum absolute atomic E-state index is 12.0. The number of aryl methyl sites for hydroxylation is 1. The third kappa shape index (κ3) is 9.05. The number of rotatable bonds is 15. The number of unbranched alkanes of at least 4 members (excludes halogenated alkanes) is 7. The molecule has 1 aromatic carbocycles. The van der Waals surface area contributed by atoms with Crippen molar-refractivity contribution in [2.75, 3.05) is 20.1 Å². The predicted molar refractivity (Wildman–Crippen MR) is 138 cm³/mol. The van der Waals surface area contributed by atoms with Crippen LogP contribution >= 0.6 is 0 Å². The molecule has 186 valence electrons. The number of nitrogens with one attached hydrogen (secondary N) is 2. The Bertz CT molecular complexity index is 911. The first kappa shape index (κ1) is 26.1. The summed E-state index contributed by atoms with van der Waals surface area (Å²) < 4.78 is 1.82. The van der Waals surface area contributed by atoms with Gasteiger partial charge in [0.2, 0.25) is 5.91 Å². The molecule has 1 aliphatic rings. The van der Waals surface area contributed by atoms with Crippen LogP contribution in [0.25, 0.3) is 11.3 Å². The highest BCUT2D eigenvalue weighted by Gasteiger charge is 2.20. The van der Waals surface area contributed by atoms with Crippen molar-refractivity contribution in [2.24, 2.45) is 0 Å². The Labute approximate surface area is 205 Å². The van der Waals surface area contributed by atoms with Gasteiger partial charge in [-0.1, -0.05) is 68.9 Å². The Morgan fingerprint density at radius 2 is 1.71 bits per heavy atom. The van der Waals surface area contributed by atoms with Gasteiger partial charge in [0.25, 0.3) is 0 Å². The minimum atomic E-state index is 0.219. The fourth-order valence-corrected chi connectivity index (χ4v) is 4.81. The second kappa shape index (κ2) is 14.7. The number of nitrogens with zero attached hydrogens (tertiary/aromatic N) is 3. The number of amides is 1. The van der Waals surface area contributed by atoms with Gasteiger partial charge >= 0.3 is 0 Å². The minimum Gasteiger partial charge on any atom is -0.356 e. The van der Waals surface area contributed by atoms with Crippen molar-refractivity contribution in [2.45, 2.75) is 89.6 Å². The van der Waals surface area contributed by atoms with Crippen LogP contribution in [0.5, 0.6) is 0 Å². The number of carbonyl (C=O) groups excluding carboxylic acids is 1. The van der Waals surface area contributed by atoms with Crippen LogP contribution < -0.4 is 10.8 Å². The number of benzene rings is 1. The van der Waals surface area contributed by atoms with E-state index in [1.807, 2.05) is 35.0 Å². The van der Waals surface area contributed by atoms with Gasteiger partial charge in [0, 0.05) is 31.1 Å². The molecule has 1 aromatic heterocycles. The van der Waals surface area contributed by atoms with Gasteiger partial charge in [0.15, 0.2) is 0 Å². The van der Waals surface area contributed by atoms with E-state index < -0.39 is 0 Å². The maximum Gasteiger partial charge on any atom is 0.219 e. The third-order valence-corrected chi connectivity index (χ3v) is 6.97. The number of hydrogen-bond donors (Lipinski definition) is 2. The van der Waals surface area contributed by atoms with E-state index in [2.05, 4.69) is 34.5 Å². The van der Waals surface area contributed by atoms with Gasteiger partial charge in [-0.15, -0.1) is 0 Å². The Kier molecular flexibility index (Phi) is 11.3. The summed E-state index contributed by atoms with van der Waals surface area (Å²) in [5, 5.41) is 15.9. The molecule has 1 aliphatic heterocycles. The van der Waals surface area contributed by atoms with Crippen molar-refractivity contribution in [3.8, 4) is 11.3 Å². The van der Waals surface area contributed by atoms with Crippen LogP contribution in [-0.4, -0.2) is 46.8 Å². The number of likely N-dealkylation sites (tertiary alicyclic amines) is 1. The number of hydrogen-bond acceptors (Lipinski definition) is 4. The summed E-state index contributed by atoms with van der Waals surface area (Å²) in [6, 6.07) is 14.6. The van der Waals surface area contributed by atoms with Gasteiger partial charge in [0.1, 0.15) is 5.49 Å². The molecular weight excluding hydrogens is 422 g/mol. The first-order chi connectivity index (χ1) is 16.6. The van der Waals surface area contributed by atoms with E-state index >= 15 is 0 Å². The summed E-state index contributed by atoms with van der Waals surface area (Å²) in [4.78, 5) is 14.4. The largest absolute Gasteiger partial charge is 0.356 e. The van der Waals surface area contributed by atoms with Crippen molar-refractivity contribution in [3.05, 3.63) is 48.0 Å². The molecule has 1 atom stereocenters. The zero-order chi connectivity index (χ0) is 24.0. The summed E-state index contributed by atoms with van der Waals surface area (Å²) in [6.45, 7) is 2.81. The van der Waals surface area contributed by atoms with Gasteiger partial charge in [-0.2, -0.15) is 5.10 Å². The molecule has 1 unspecified atom stereocenters. The molecule has 0 saturated carbocycles. The summed E-state index contributed by atoms with van der Waals surface area (Å²) in [5.74, 6) is 0.219. The number of aromatic nitrogens is 2. The third-order valence-electron chi connectivity index (χ3n) is 6.97. The molecular formula is C28H43N5O. The van der Waals surface area contributed by atoms with Gasteiger partial charge in [-0.05, 0) is 57.8 Å². The predicted octanol–water partition coefficient (Wildman–Crippen LogP) is 5.14. The highest BCUT2D eigenvalue weighted by molar-refractivity contribution is 5.75. The van der Waals surface area contributed by atoms with E-state index in [1.165, 1.54) is 51.5 Å². The van der Waals surface area contributed by atoms with E-state index in [0.717, 1.165) is 50.0 Å². The van der Waals surface area contributed by atoms with E-state index in [9.17, 15) is 4.79 Å². The highest BCUT2D eigenvalue weighted by atomic mass is 16.1. The second-order valence-electron chi connectivity index (χ2n) is 9.69. The molecule has 3 rings (SSSR count). The van der Waals surface area contributed by atoms with Gasteiger partial charge in [0.05, 0.1) is 5.69 Å². The Morgan fingerprint density at radius 3 is 2.41 bits per heavy atom. The van der Waals surface area contributed by atoms with Gasteiger partial charge < -0.3 is 10.2 Å². The first-order valence-electron chi connectivity index (χ1n) is 13.3. The zero-order valence-corrected chi connectivity index (χ0v) is 21.0. The van der Waals surface area contributed by atoms with Crippen molar-refractivity contribution >= 4 is 5.91 Å². The number of carbonyl (C=O) groups is 1. The molecule has 0 radical (unpaired) electrons. The lowest BCUT2D eigenvalue weighted by molar-refractivity contribution is -0.121. The van der Waals surface area contributed by atoms with Crippen molar-refractivity contribution in [1.29, 1.82) is 5.41 Å². The Morgan fingerprint density at radius 1 is 1.00 bits per heavy atom. The molecule has 0 bridgehead atoms. The average molecular weight is 466 g/mol. The lowest BCUT2D eigenvalue weighted by atomic mass is 10.1. The molecule has 6 nitrogen and oxygen atoms in total. The molecule has 2 heterocycles. The zero-order valence-electron chi connectivity index (χ0n) is 21.0. The fraction of sp³-hybridized carbons (Fsp3) is 0.607. The monoisotopic (exact) mass is 465 g/mol. The average Bonchev–Trinajstić information content (AvgIpc) is 3.26. The van der Waals surface area contributed by atoms with E-state index in [0.29, 0.717) is 18.0 Å². The fourth-order valence-electron chi connectivity index (χ4n) is 4.81. The van der Waals surface area contributed by atoms with Crippen molar-refractivity contribution < 1.29 is 4.79 Å². The molecule has 34 heavy (non-hydrogen) atoms. The Balaban J connectivity index is 1.17. The maximum atomic E-state index is 12.0. The van der Waals surface area contributed by atoms with Crippen molar-refractivity contribution in [3.63, 3.8) is 0 Å². The molecule has 1 saturated heterocycles. The van der Waals surface area contributed by atoms with E-state index in [1.54, 1.807) is 0 Å². The van der Waals surface area contributed by atoms with Crippen LogP contribution in [-0.2, 0) is 11.3 Å². The summed E-state index contributed by atoms with van der Waals surface area (Å²) in [7, 11) is 2.19. The molecule has 1 fully saturated rings. The SMILES string of the molecule is CN1CCCC1CCNC(=O)CCCCCCCCCCn1nc(-c2ccccc2)ccc1=N. The van der Waals surface area contributed by atoms with Crippen molar-refractivity contribution in [1.82, 2.24) is 20.0 Å². The molecule has 1 amide bonds. The molecule has 0 aliphatic carbocycles. The second-order valence-corrected chi connectivity index (χ2v) is 9.69.